The van der Waals surface area contributed by atoms with Gasteiger partial charge >= 0.3 is 0 Å². The van der Waals surface area contributed by atoms with Crippen molar-refractivity contribution in [1.29, 1.82) is 0 Å². The predicted molar refractivity (Wildman–Crippen MR) is 85.1 cm³/mol. The Balaban J connectivity index is 2.02. The second-order valence-electron chi connectivity index (χ2n) is 6.48. The second kappa shape index (κ2) is 8.38. The number of rotatable bonds is 6. The number of hydrogen-bond acceptors (Lipinski definition) is 2. The van der Waals surface area contributed by atoms with Gasteiger partial charge in [-0.15, -0.1) is 0 Å². The van der Waals surface area contributed by atoms with Gasteiger partial charge in [0.25, 0.3) is 0 Å². The van der Waals surface area contributed by atoms with E-state index >= 15 is 0 Å². The van der Waals surface area contributed by atoms with Crippen LogP contribution in [0.25, 0.3) is 0 Å². The van der Waals surface area contributed by atoms with Crippen LogP contribution in [0.15, 0.2) is 18.2 Å². The molecule has 0 aliphatic heterocycles. The molecule has 1 fully saturated rings. The van der Waals surface area contributed by atoms with Gasteiger partial charge in [-0.3, -0.25) is 0 Å². The highest BCUT2D eigenvalue weighted by Crippen LogP contribution is 2.28. The van der Waals surface area contributed by atoms with Crippen LogP contribution in [0.1, 0.15) is 57.9 Å². The van der Waals surface area contributed by atoms with Crippen molar-refractivity contribution in [1.82, 2.24) is 5.32 Å². The number of ether oxygens (including phenoxy) is 1. The molecular formula is C18H28FNO. The lowest BCUT2D eigenvalue weighted by atomic mass is 10.1. The minimum Gasteiger partial charge on any atom is -0.487 e. The van der Waals surface area contributed by atoms with E-state index in [1.807, 2.05) is 6.07 Å². The highest BCUT2D eigenvalue weighted by atomic mass is 19.1. The largest absolute Gasteiger partial charge is 0.487 e. The summed E-state index contributed by atoms with van der Waals surface area (Å²) in [6, 6.07) is 5.22. The van der Waals surface area contributed by atoms with E-state index in [4.69, 9.17) is 4.74 Å². The Kier molecular flexibility index (Phi) is 6.50. The molecule has 2 nitrogen and oxygen atoms in total. The van der Waals surface area contributed by atoms with Crippen LogP contribution in [0.4, 0.5) is 4.39 Å². The fourth-order valence-electron chi connectivity index (χ4n) is 2.85. The lowest BCUT2D eigenvalue weighted by molar-refractivity contribution is 0.173. The van der Waals surface area contributed by atoms with Crippen molar-refractivity contribution in [3.63, 3.8) is 0 Å². The summed E-state index contributed by atoms with van der Waals surface area (Å²) in [5.74, 6) is 0.813. The van der Waals surface area contributed by atoms with E-state index in [0.717, 1.165) is 24.9 Å². The van der Waals surface area contributed by atoms with E-state index in [1.54, 1.807) is 6.07 Å². The SMILES string of the molecule is CC(C)CNCc1cccc(F)c1OC1CCCCCC1. The summed E-state index contributed by atoms with van der Waals surface area (Å²) in [4.78, 5) is 0. The summed E-state index contributed by atoms with van der Waals surface area (Å²) in [5.41, 5.74) is 0.930. The van der Waals surface area contributed by atoms with Gasteiger partial charge in [-0.1, -0.05) is 38.8 Å². The smallest absolute Gasteiger partial charge is 0.165 e. The van der Waals surface area contributed by atoms with Gasteiger partial charge < -0.3 is 10.1 Å². The highest BCUT2D eigenvalue weighted by Gasteiger charge is 2.18. The summed E-state index contributed by atoms with van der Waals surface area (Å²) in [6.45, 7) is 5.93. The van der Waals surface area contributed by atoms with Gasteiger partial charge in [0.05, 0.1) is 6.10 Å². The predicted octanol–water partition coefficient (Wildman–Crippen LogP) is 4.67. The molecule has 0 spiro atoms. The number of nitrogens with one attached hydrogen (secondary N) is 1. The zero-order chi connectivity index (χ0) is 15.1. The molecule has 0 saturated heterocycles. The molecule has 0 amide bonds. The topological polar surface area (TPSA) is 21.3 Å². The molecular weight excluding hydrogens is 265 g/mol. The Morgan fingerprint density at radius 2 is 1.90 bits per heavy atom. The van der Waals surface area contributed by atoms with Crippen molar-refractivity contribution < 1.29 is 9.13 Å². The number of hydrogen-bond donors (Lipinski definition) is 1. The maximum atomic E-state index is 14.1. The quantitative estimate of drug-likeness (QED) is 0.769. The second-order valence-corrected chi connectivity index (χ2v) is 6.48. The van der Waals surface area contributed by atoms with Crippen molar-refractivity contribution in [2.75, 3.05) is 6.54 Å². The summed E-state index contributed by atoms with van der Waals surface area (Å²) < 4.78 is 20.2. The Bertz CT molecular complexity index is 425. The Hall–Kier alpha value is -1.09. The lowest BCUT2D eigenvalue weighted by Gasteiger charge is -2.20. The van der Waals surface area contributed by atoms with E-state index in [1.165, 1.54) is 31.7 Å². The first kappa shape index (κ1) is 16.3. The molecule has 118 valence electrons. The zero-order valence-corrected chi connectivity index (χ0v) is 13.3. The highest BCUT2D eigenvalue weighted by molar-refractivity contribution is 5.35. The first-order valence-corrected chi connectivity index (χ1v) is 8.31. The third-order valence-electron chi connectivity index (χ3n) is 4.00. The molecule has 3 heteroatoms. The summed E-state index contributed by atoms with van der Waals surface area (Å²) in [7, 11) is 0. The minimum absolute atomic E-state index is 0.174. The molecule has 1 aromatic carbocycles. The third-order valence-corrected chi connectivity index (χ3v) is 4.00. The molecule has 1 aromatic rings. The first-order chi connectivity index (χ1) is 10.2. The molecule has 21 heavy (non-hydrogen) atoms. The zero-order valence-electron chi connectivity index (χ0n) is 13.3. The van der Waals surface area contributed by atoms with Gasteiger partial charge in [0, 0.05) is 12.1 Å². The average molecular weight is 293 g/mol. The molecule has 1 aliphatic carbocycles. The van der Waals surface area contributed by atoms with Crippen molar-refractivity contribution in [2.24, 2.45) is 5.92 Å². The number of para-hydroxylation sites is 1. The average Bonchev–Trinajstić information content (AvgIpc) is 2.70. The van der Waals surface area contributed by atoms with Crippen LogP contribution in [0, 0.1) is 11.7 Å². The molecule has 0 bridgehead atoms. The van der Waals surface area contributed by atoms with Crippen LogP contribution >= 0.6 is 0 Å². The van der Waals surface area contributed by atoms with Crippen LogP contribution < -0.4 is 10.1 Å². The van der Waals surface area contributed by atoms with Gasteiger partial charge in [0.1, 0.15) is 0 Å². The van der Waals surface area contributed by atoms with E-state index in [-0.39, 0.29) is 11.9 Å². The molecule has 0 atom stereocenters. The van der Waals surface area contributed by atoms with Gasteiger partial charge in [-0.25, -0.2) is 4.39 Å². The van der Waals surface area contributed by atoms with Crippen LogP contribution in [0.3, 0.4) is 0 Å². The van der Waals surface area contributed by atoms with E-state index in [2.05, 4.69) is 19.2 Å². The summed E-state index contributed by atoms with van der Waals surface area (Å²) >= 11 is 0. The summed E-state index contributed by atoms with van der Waals surface area (Å²) in [5, 5.41) is 3.37. The van der Waals surface area contributed by atoms with Gasteiger partial charge in [-0.2, -0.15) is 0 Å². The maximum absolute atomic E-state index is 14.1. The fourth-order valence-corrected chi connectivity index (χ4v) is 2.85. The molecule has 0 radical (unpaired) electrons. The fraction of sp³-hybridized carbons (Fsp3) is 0.667. The minimum atomic E-state index is -0.233. The Morgan fingerprint density at radius 3 is 2.57 bits per heavy atom. The first-order valence-electron chi connectivity index (χ1n) is 8.31. The van der Waals surface area contributed by atoms with Crippen molar-refractivity contribution in [3.8, 4) is 5.75 Å². The van der Waals surface area contributed by atoms with Crippen molar-refractivity contribution >= 4 is 0 Å². The van der Waals surface area contributed by atoms with Crippen LogP contribution in [0.2, 0.25) is 0 Å². The molecule has 0 heterocycles. The Labute approximate surface area is 128 Å². The van der Waals surface area contributed by atoms with Crippen molar-refractivity contribution in [2.45, 2.75) is 65.0 Å². The summed E-state index contributed by atoms with van der Waals surface area (Å²) in [6.07, 6.45) is 7.22. The maximum Gasteiger partial charge on any atom is 0.165 e. The van der Waals surface area contributed by atoms with Gasteiger partial charge in [0.15, 0.2) is 11.6 Å². The van der Waals surface area contributed by atoms with Crippen LogP contribution in [-0.2, 0) is 6.54 Å². The molecule has 0 unspecified atom stereocenters. The van der Waals surface area contributed by atoms with Crippen molar-refractivity contribution in [3.05, 3.63) is 29.6 Å². The van der Waals surface area contributed by atoms with E-state index in [9.17, 15) is 4.39 Å². The monoisotopic (exact) mass is 293 g/mol. The normalized spacial score (nSPS) is 17.0. The Morgan fingerprint density at radius 1 is 1.19 bits per heavy atom. The van der Waals surface area contributed by atoms with Gasteiger partial charge in [-0.05, 0) is 44.2 Å². The molecule has 1 saturated carbocycles. The number of halogens is 1. The van der Waals surface area contributed by atoms with Gasteiger partial charge in [0.2, 0.25) is 0 Å². The van der Waals surface area contributed by atoms with E-state index in [0.29, 0.717) is 18.2 Å². The molecule has 2 rings (SSSR count). The molecule has 0 aromatic heterocycles. The van der Waals surface area contributed by atoms with E-state index < -0.39 is 0 Å². The molecule has 1 N–H and O–H groups in total. The standard InChI is InChI=1S/C18H28FNO/c1-14(2)12-20-13-15-8-7-11-17(19)18(15)21-16-9-5-3-4-6-10-16/h7-8,11,14,16,20H,3-6,9-10,12-13H2,1-2H3. The lowest BCUT2D eigenvalue weighted by Crippen LogP contribution is -2.21. The number of benzene rings is 1. The van der Waals surface area contributed by atoms with Crippen LogP contribution in [-0.4, -0.2) is 12.6 Å². The molecule has 1 aliphatic rings. The third kappa shape index (κ3) is 5.31. The van der Waals surface area contributed by atoms with Crippen LogP contribution in [0.5, 0.6) is 5.75 Å².